The Labute approximate surface area is 281 Å². The second kappa shape index (κ2) is 14.4. The molecular weight excluding hydrogens is 686 g/mol. The number of hydrogen-bond donors (Lipinski definition) is 5. The quantitative estimate of drug-likeness (QED) is 0.155. The number of nitrogens with one attached hydrogen (secondary N) is 2. The fourth-order valence-corrected chi connectivity index (χ4v) is 6.44. The molecule has 2 aliphatic heterocycles. The van der Waals surface area contributed by atoms with Crippen LogP contribution in [0.4, 0.5) is 28.8 Å². The Bertz CT molecular complexity index is 2060. The number of aromatic nitrogens is 2. The Morgan fingerprint density at radius 1 is 0.714 bits per heavy atom. The largest absolute Gasteiger partial charge is 0.493 e. The first-order chi connectivity index (χ1) is 23.3. The Hall–Kier alpha value is -5.44. The number of fused-ring (bicyclic) bond motifs is 2. The van der Waals surface area contributed by atoms with Crippen molar-refractivity contribution < 1.29 is 50.0 Å². The van der Waals surface area contributed by atoms with E-state index in [0.717, 1.165) is 0 Å². The van der Waals surface area contributed by atoms with Gasteiger partial charge in [0.15, 0.2) is 44.3 Å². The summed E-state index contributed by atoms with van der Waals surface area (Å²) >= 11 is 0. The number of sulfonamides is 2. The third kappa shape index (κ3) is 7.83. The van der Waals surface area contributed by atoms with E-state index in [1.54, 1.807) is 30.3 Å². The average Bonchev–Trinajstić information content (AvgIpc) is 3.07. The van der Waals surface area contributed by atoms with Crippen LogP contribution in [0, 0.1) is 0 Å². The Morgan fingerprint density at radius 2 is 1.27 bits per heavy atom. The highest BCUT2D eigenvalue weighted by Crippen LogP contribution is 2.43. The fraction of sp³-hybridized carbons (Fsp3) is 0.241. The van der Waals surface area contributed by atoms with Gasteiger partial charge in [0.05, 0.1) is 32.7 Å². The molecule has 1 aromatic heterocycles. The lowest BCUT2D eigenvalue weighted by Crippen LogP contribution is -2.21. The molecule has 4 aromatic rings. The van der Waals surface area contributed by atoms with Crippen LogP contribution in [0.25, 0.3) is 0 Å². The van der Waals surface area contributed by atoms with Crippen LogP contribution in [0.2, 0.25) is 0 Å². The molecule has 3 heterocycles. The molecular formula is C29H33N7O11S2. The first kappa shape index (κ1) is 34.9. The van der Waals surface area contributed by atoms with Crippen molar-refractivity contribution in [2.75, 3.05) is 64.1 Å². The Morgan fingerprint density at radius 3 is 1.82 bits per heavy atom. The van der Waals surface area contributed by atoms with E-state index in [9.17, 15) is 16.8 Å². The van der Waals surface area contributed by atoms with E-state index >= 15 is 0 Å². The van der Waals surface area contributed by atoms with E-state index in [4.69, 9.17) is 49.2 Å². The molecule has 0 saturated carbocycles. The molecule has 6 rings (SSSR count). The van der Waals surface area contributed by atoms with Gasteiger partial charge in [-0.2, -0.15) is 4.98 Å². The van der Waals surface area contributed by atoms with Crippen LogP contribution in [-0.4, -0.2) is 74.6 Å². The molecule has 262 valence electrons. The molecule has 0 amide bonds. The average molecular weight is 720 g/mol. The first-order valence-electron chi connectivity index (χ1n) is 14.2. The topological polar surface area (TPSA) is 261 Å². The molecule has 20 heteroatoms. The zero-order chi connectivity index (χ0) is 35.3. The number of rotatable bonds is 9. The number of nitrogen functional groups attached to an aromatic ring is 1. The molecule has 18 nitrogen and oxygen atoms in total. The fourth-order valence-electron chi connectivity index (χ4n) is 4.78. The van der Waals surface area contributed by atoms with Crippen molar-refractivity contribution in [3.05, 3.63) is 48.7 Å². The van der Waals surface area contributed by atoms with Crippen LogP contribution in [0.15, 0.2) is 58.5 Å². The first-order valence-corrected chi connectivity index (χ1v) is 17.3. The summed E-state index contributed by atoms with van der Waals surface area (Å²) in [6.07, 6.45) is 1.50. The normalized spacial score (nSPS) is 13.3. The summed E-state index contributed by atoms with van der Waals surface area (Å²) in [7, 11) is -3.51. The van der Waals surface area contributed by atoms with Gasteiger partial charge in [-0.05, 0) is 30.3 Å². The number of ether oxygens (including phenoxy) is 7. The van der Waals surface area contributed by atoms with Gasteiger partial charge in [-0.15, -0.1) is 0 Å². The van der Waals surface area contributed by atoms with Gasteiger partial charge in [0, 0.05) is 24.0 Å². The van der Waals surface area contributed by atoms with E-state index in [1.807, 2.05) is 0 Å². The number of nitrogens with two attached hydrogens (primary N) is 3. The third-order valence-electron chi connectivity index (χ3n) is 6.77. The molecule has 2 aliphatic rings. The SMILES string of the molecule is COc1cc(Nc2nccc(Nc3ccc4c(c3S(N)(=O)=O)OCCO4)n2)cc(OC)c1OC.Nc1ccc2c(c1S(N)(=O)=O)OCCO2. The summed E-state index contributed by atoms with van der Waals surface area (Å²) in [6, 6.07) is 11.1. The lowest BCUT2D eigenvalue weighted by atomic mass is 10.2. The zero-order valence-electron chi connectivity index (χ0n) is 26.4. The molecule has 49 heavy (non-hydrogen) atoms. The van der Waals surface area contributed by atoms with Gasteiger partial charge in [0.2, 0.25) is 31.7 Å². The minimum atomic E-state index is -4.14. The van der Waals surface area contributed by atoms with E-state index in [0.29, 0.717) is 53.5 Å². The van der Waals surface area contributed by atoms with E-state index in [-0.39, 0.29) is 51.8 Å². The van der Waals surface area contributed by atoms with Crippen molar-refractivity contribution in [1.29, 1.82) is 0 Å². The lowest BCUT2D eigenvalue weighted by molar-refractivity contribution is 0.167. The summed E-state index contributed by atoms with van der Waals surface area (Å²) in [6.45, 7) is 1.17. The maximum Gasteiger partial charge on any atom is 0.243 e. The van der Waals surface area contributed by atoms with Gasteiger partial charge in [0.25, 0.3) is 0 Å². The highest BCUT2D eigenvalue weighted by molar-refractivity contribution is 7.89. The second-order valence-corrected chi connectivity index (χ2v) is 13.0. The van der Waals surface area contributed by atoms with Crippen LogP contribution in [0.3, 0.4) is 0 Å². The minimum absolute atomic E-state index is 0.0572. The maximum atomic E-state index is 12.3. The van der Waals surface area contributed by atoms with Gasteiger partial charge in [-0.3, -0.25) is 0 Å². The van der Waals surface area contributed by atoms with Crippen molar-refractivity contribution in [2.24, 2.45) is 10.3 Å². The number of anilines is 5. The summed E-state index contributed by atoms with van der Waals surface area (Å²) in [5.74, 6) is 2.70. The molecule has 0 atom stereocenters. The summed E-state index contributed by atoms with van der Waals surface area (Å²) in [4.78, 5) is 8.18. The van der Waals surface area contributed by atoms with Crippen LogP contribution in [-0.2, 0) is 20.0 Å². The standard InChI is InChI=1S/C21H23N5O7S.C8H10N2O4S/c1-29-15-10-12(11-16(30-2)18(15)31-3)24-21-23-7-6-17(26-21)25-13-4-5-14-19(33-9-8-32-14)20(13)34(22,27)28;9-5-1-2-6-7(14-4-3-13-6)8(5)15(10,11)12/h4-7,10-11H,8-9H2,1-3H3,(H2,22,27,28)(H2,23,24,25,26);1-2H,3-4,9H2,(H2,10,11,12). The Balaban J connectivity index is 0.000000259. The van der Waals surface area contributed by atoms with Crippen LogP contribution in [0.5, 0.6) is 40.2 Å². The smallest absolute Gasteiger partial charge is 0.243 e. The highest BCUT2D eigenvalue weighted by atomic mass is 32.2. The molecule has 3 aromatic carbocycles. The van der Waals surface area contributed by atoms with Crippen LogP contribution < -0.4 is 59.8 Å². The highest BCUT2D eigenvalue weighted by Gasteiger charge is 2.28. The zero-order valence-corrected chi connectivity index (χ0v) is 28.0. The molecule has 0 aliphatic carbocycles. The molecule has 0 fully saturated rings. The predicted molar refractivity (Wildman–Crippen MR) is 177 cm³/mol. The summed E-state index contributed by atoms with van der Waals surface area (Å²) in [5.41, 5.74) is 6.36. The van der Waals surface area contributed by atoms with Crippen molar-refractivity contribution >= 4 is 48.9 Å². The van der Waals surface area contributed by atoms with Crippen molar-refractivity contribution in [1.82, 2.24) is 9.97 Å². The summed E-state index contributed by atoms with van der Waals surface area (Å²) < 4.78 is 84.7. The van der Waals surface area contributed by atoms with Gasteiger partial charge < -0.3 is 49.5 Å². The molecule has 0 unspecified atom stereocenters. The van der Waals surface area contributed by atoms with Gasteiger partial charge in [-0.25, -0.2) is 32.1 Å². The number of primary sulfonamides is 2. The summed E-state index contributed by atoms with van der Waals surface area (Å²) in [5, 5.41) is 16.5. The number of methoxy groups -OCH3 is 3. The number of benzene rings is 3. The monoisotopic (exact) mass is 719 g/mol. The number of nitrogens with zero attached hydrogens (tertiary/aromatic N) is 2. The molecule has 0 spiro atoms. The third-order valence-corrected chi connectivity index (χ3v) is 8.73. The van der Waals surface area contributed by atoms with E-state index < -0.39 is 20.0 Å². The van der Waals surface area contributed by atoms with Crippen LogP contribution in [0.1, 0.15) is 0 Å². The van der Waals surface area contributed by atoms with Crippen LogP contribution >= 0.6 is 0 Å². The molecule has 0 saturated heterocycles. The minimum Gasteiger partial charge on any atom is -0.493 e. The predicted octanol–water partition coefficient (Wildman–Crippen LogP) is 2.10. The van der Waals surface area contributed by atoms with Crippen molar-refractivity contribution in [3.63, 3.8) is 0 Å². The number of hydrogen-bond acceptors (Lipinski definition) is 16. The Kier molecular flexibility index (Phi) is 10.2. The van der Waals surface area contributed by atoms with Crippen molar-refractivity contribution in [2.45, 2.75) is 9.79 Å². The van der Waals surface area contributed by atoms with Gasteiger partial charge in [-0.1, -0.05) is 0 Å². The second-order valence-electron chi connectivity index (χ2n) is 9.99. The molecule has 8 N–H and O–H groups in total. The molecule has 0 bridgehead atoms. The maximum absolute atomic E-state index is 12.3. The lowest BCUT2D eigenvalue weighted by Gasteiger charge is -2.22. The molecule has 0 radical (unpaired) electrons. The van der Waals surface area contributed by atoms with Crippen molar-refractivity contribution in [3.8, 4) is 40.2 Å². The van der Waals surface area contributed by atoms with E-state index in [1.165, 1.54) is 39.7 Å². The van der Waals surface area contributed by atoms with Gasteiger partial charge >= 0.3 is 0 Å². The van der Waals surface area contributed by atoms with E-state index in [2.05, 4.69) is 20.6 Å². The van der Waals surface area contributed by atoms with Gasteiger partial charge in [0.1, 0.15) is 32.2 Å².